The minimum Gasteiger partial charge on any atom is -0.483 e. The van der Waals surface area contributed by atoms with Crippen molar-refractivity contribution in [1.82, 2.24) is 19.7 Å². The van der Waals surface area contributed by atoms with Gasteiger partial charge >= 0.3 is 5.97 Å². The number of methoxy groups -OCH3 is 1. The van der Waals surface area contributed by atoms with Crippen LogP contribution in [0, 0.1) is 19.7 Å². The van der Waals surface area contributed by atoms with Crippen molar-refractivity contribution in [1.29, 1.82) is 0 Å². The van der Waals surface area contributed by atoms with Crippen molar-refractivity contribution in [3.8, 4) is 5.75 Å². The van der Waals surface area contributed by atoms with Crippen LogP contribution in [0.1, 0.15) is 44.9 Å². The number of nitrogens with one attached hydrogen (secondary N) is 1. The van der Waals surface area contributed by atoms with Gasteiger partial charge in [-0.2, -0.15) is 0 Å². The summed E-state index contributed by atoms with van der Waals surface area (Å²) in [5.74, 6) is -0.564. The largest absolute Gasteiger partial charge is 0.483 e. The highest BCUT2D eigenvalue weighted by atomic mass is 32.2. The van der Waals surface area contributed by atoms with Gasteiger partial charge in [-0.3, -0.25) is 9.36 Å². The number of halogens is 1. The maximum Gasteiger partial charge on any atom is 0.339 e. The molecule has 0 aliphatic rings. The summed E-state index contributed by atoms with van der Waals surface area (Å²) in [6, 6.07) is 6.10. The van der Waals surface area contributed by atoms with Crippen molar-refractivity contribution in [3.05, 3.63) is 71.1 Å². The first kappa shape index (κ1) is 24.2. The van der Waals surface area contributed by atoms with Crippen LogP contribution in [-0.2, 0) is 17.9 Å². The summed E-state index contributed by atoms with van der Waals surface area (Å²) in [6.07, 6.45) is 1.67. The lowest BCUT2D eigenvalue weighted by atomic mass is 10.1. The Kier molecular flexibility index (Phi) is 7.70. The van der Waals surface area contributed by atoms with Crippen LogP contribution in [-0.4, -0.2) is 43.9 Å². The molecule has 2 aromatic heterocycles. The van der Waals surface area contributed by atoms with Crippen LogP contribution in [0.5, 0.6) is 5.75 Å². The number of hydrogen-bond acceptors (Lipinski definition) is 7. The Hall–Kier alpha value is -3.40. The molecule has 3 aromatic rings. The van der Waals surface area contributed by atoms with Crippen molar-refractivity contribution in [3.63, 3.8) is 0 Å². The molecule has 0 bridgehead atoms. The van der Waals surface area contributed by atoms with Crippen molar-refractivity contribution in [2.24, 2.45) is 0 Å². The van der Waals surface area contributed by atoms with E-state index < -0.39 is 17.0 Å². The van der Waals surface area contributed by atoms with E-state index in [9.17, 15) is 14.0 Å². The minimum atomic E-state index is -0.527. The number of benzene rings is 1. The third-order valence-corrected chi connectivity index (χ3v) is 6.10. The number of carbonyl (C=O) groups is 2. The first-order valence-electron chi connectivity index (χ1n) is 10.2. The zero-order valence-electron chi connectivity index (χ0n) is 18.8. The number of ether oxygens (including phenoxy) is 2. The van der Waals surface area contributed by atoms with Crippen LogP contribution in [0.4, 0.5) is 4.39 Å². The molecule has 0 fully saturated rings. The van der Waals surface area contributed by atoms with E-state index in [4.69, 9.17) is 9.47 Å². The molecule has 8 nitrogen and oxygen atoms in total. The zero-order chi connectivity index (χ0) is 24.1. The monoisotopic (exact) mass is 472 g/mol. The molecular weight excluding hydrogens is 447 g/mol. The van der Waals surface area contributed by atoms with Gasteiger partial charge in [-0.25, -0.2) is 9.18 Å². The van der Waals surface area contributed by atoms with Gasteiger partial charge < -0.3 is 14.5 Å². The molecule has 1 atom stereocenters. The predicted molar refractivity (Wildman–Crippen MR) is 122 cm³/mol. The molecule has 10 heteroatoms. The molecule has 0 saturated carbocycles. The van der Waals surface area contributed by atoms with E-state index in [1.54, 1.807) is 43.5 Å². The van der Waals surface area contributed by atoms with E-state index in [1.165, 1.54) is 31.0 Å². The number of para-hydroxylation sites is 1. The number of nitrogens with zero attached hydrogens (tertiary/aromatic N) is 3. The maximum atomic E-state index is 13.8. The molecule has 3 rings (SSSR count). The van der Waals surface area contributed by atoms with Gasteiger partial charge in [0, 0.05) is 12.2 Å². The standard InChI is InChI=1S/C23H25FN4O4S/c1-6-11-28-18(12-32-17-10-8-7-9-16(17)24)26-27-23(28)33-15(4)21(29)20-13(2)19(14(3)25-20)22(30)31-5/h6-10,15,25H,1,11-12H2,2-5H3. The zero-order valence-corrected chi connectivity index (χ0v) is 19.7. The number of Topliss-reactive ketones (excluding diaryl/α,β-unsaturated/α-hetero) is 1. The molecule has 0 saturated heterocycles. The number of rotatable bonds is 10. The molecule has 1 unspecified atom stereocenters. The van der Waals surface area contributed by atoms with E-state index >= 15 is 0 Å². The molecule has 0 aliphatic carbocycles. The predicted octanol–water partition coefficient (Wildman–Crippen LogP) is 4.28. The van der Waals surface area contributed by atoms with Gasteiger partial charge in [0.2, 0.25) is 0 Å². The van der Waals surface area contributed by atoms with Crippen molar-refractivity contribution < 1.29 is 23.5 Å². The second-order valence-corrected chi connectivity index (χ2v) is 8.57. The summed E-state index contributed by atoms with van der Waals surface area (Å²) in [5.41, 5.74) is 1.83. The van der Waals surface area contributed by atoms with Crippen LogP contribution in [0.15, 0.2) is 42.1 Å². The lowest BCUT2D eigenvalue weighted by Gasteiger charge is -2.12. The summed E-state index contributed by atoms with van der Waals surface area (Å²) >= 11 is 1.22. The Morgan fingerprint density at radius 2 is 2.03 bits per heavy atom. The van der Waals surface area contributed by atoms with E-state index in [-0.39, 0.29) is 18.1 Å². The second-order valence-electron chi connectivity index (χ2n) is 7.26. The molecule has 1 aromatic carbocycles. The Morgan fingerprint density at radius 3 is 2.70 bits per heavy atom. The highest BCUT2D eigenvalue weighted by Gasteiger charge is 2.27. The second kappa shape index (κ2) is 10.5. The van der Waals surface area contributed by atoms with Crippen molar-refractivity contribution in [2.75, 3.05) is 7.11 Å². The summed E-state index contributed by atoms with van der Waals surface area (Å²) in [7, 11) is 1.30. The average Bonchev–Trinajstić information content (AvgIpc) is 3.31. The summed E-state index contributed by atoms with van der Waals surface area (Å²) in [5, 5.41) is 8.31. The van der Waals surface area contributed by atoms with Gasteiger partial charge in [0.25, 0.3) is 0 Å². The fraction of sp³-hybridized carbons (Fsp3) is 0.304. The van der Waals surface area contributed by atoms with E-state index in [0.717, 1.165) is 0 Å². The fourth-order valence-electron chi connectivity index (χ4n) is 3.35. The molecule has 33 heavy (non-hydrogen) atoms. The van der Waals surface area contributed by atoms with Gasteiger partial charge in [0.1, 0.15) is 6.61 Å². The quantitative estimate of drug-likeness (QED) is 0.204. The Labute approximate surface area is 195 Å². The van der Waals surface area contributed by atoms with E-state index in [0.29, 0.717) is 40.0 Å². The first-order chi connectivity index (χ1) is 15.8. The number of esters is 1. The molecule has 0 radical (unpaired) electrons. The van der Waals surface area contributed by atoms with Crippen LogP contribution >= 0.6 is 11.8 Å². The number of carbonyl (C=O) groups excluding carboxylic acids is 2. The Morgan fingerprint density at radius 1 is 1.30 bits per heavy atom. The normalized spacial score (nSPS) is 11.8. The number of thioether (sulfide) groups is 1. The van der Waals surface area contributed by atoms with Crippen molar-refractivity contribution in [2.45, 2.75) is 44.3 Å². The molecule has 0 spiro atoms. The average molecular weight is 473 g/mol. The number of aryl methyl sites for hydroxylation is 1. The number of hydrogen-bond donors (Lipinski definition) is 1. The van der Waals surface area contributed by atoms with Gasteiger partial charge in [-0.15, -0.1) is 16.8 Å². The molecule has 2 heterocycles. The number of allylic oxidation sites excluding steroid dienone is 1. The van der Waals surface area contributed by atoms with Gasteiger partial charge in [0.05, 0.1) is 23.6 Å². The summed E-state index contributed by atoms with van der Waals surface area (Å²) in [4.78, 5) is 28.2. The smallest absolute Gasteiger partial charge is 0.339 e. The molecule has 174 valence electrons. The highest BCUT2D eigenvalue weighted by molar-refractivity contribution is 8.00. The topological polar surface area (TPSA) is 99.1 Å². The van der Waals surface area contributed by atoms with Gasteiger partial charge in [0.15, 0.2) is 28.3 Å². The van der Waals surface area contributed by atoms with Crippen LogP contribution in [0.3, 0.4) is 0 Å². The molecule has 0 amide bonds. The number of aromatic nitrogens is 4. The third kappa shape index (κ3) is 5.16. The number of aromatic amines is 1. The van der Waals surface area contributed by atoms with Gasteiger partial charge in [-0.05, 0) is 38.5 Å². The van der Waals surface area contributed by atoms with Crippen LogP contribution < -0.4 is 4.74 Å². The number of ketones is 1. The van der Waals surface area contributed by atoms with Crippen molar-refractivity contribution >= 4 is 23.5 Å². The minimum absolute atomic E-state index is 0.00206. The number of H-pyrrole nitrogens is 1. The van der Waals surface area contributed by atoms with Crippen LogP contribution in [0.2, 0.25) is 0 Å². The molecule has 1 N–H and O–H groups in total. The maximum absolute atomic E-state index is 13.8. The summed E-state index contributed by atoms with van der Waals surface area (Å²) in [6.45, 7) is 9.33. The first-order valence-corrected chi connectivity index (χ1v) is 11.0. The van der Waals surface area contributed by atoms with Gasteiger partial charge in [-0.1, -0.05) is 30.0 Å². The highest BCUT2D eigenvalue weighted by Crippen LogP contribution is 2.28. The van der Waals surface area contributed by atoms with Crippen LogP contribution in [0.25, 0.3) is 0 Å². The molecule has 0 aliphatic heterocycles. The van der Waals surface area contributed by atoms with E-state index in [2.05, 4.69) is 21.8 Å². The fourth-order valence-corrected chi connectivity index (χ4v) is 4.29. The molecular formula is C23H25FN4O4S. The SMILES string of the molecule is C=CCn1c(COc2ccccc2F)nnc1SC(C)C(=O)c1[nH]c(C)c(C(=O)OC)c1C. The Bertz CT molecular complexity index is 1190. The lowest BCUT2D eigenvalue weighted by molar-refractivity contribution is 0.0599. The van der Waals surface area contributed by atoms with E-state index in [1.807, 2.05) is 0 Å². The lowest BCUT2D eigenvalue weighted by Crippen LogP contribution is -2.17. The summed E-state index contributed by atoms with van der Waals surface area (Å²) < 4.78 is 26.0. The Balaban J connectivity index is 1.79. The third-order valence-electron chi connectivity index (χ3n) is 5.02.